The van der Waals surface area contributed by atoms with Gasteiger partial charge in [0.15, 0.2) is 0 Å². The molecule has 0 amide bonds. The fourth-order valence-electron chi connectivity index (χ4n) is 6.21. The number of nitrogens with zero attached hydrogens (tertiary/aromatic N) is 1. The van der Waals surface area contributed by atoms with Crippen molar-refractivity contribution in [1.82, 2.24) is 4.98 Å². The number of pyridine rings is 1. The SMILES string of the molecule is Cc1ccncc1C(O)C12CC3CC(CC(C)(C3)C1)C2. The van der Waals surface area contributed by atoms with Crippen molar-refractivity contribution in [3.8, 4) is 0 Å². The summed E-state index contributed by atoms with van der Waals surface area (Å²) in [5, 5.41) is 11.1. The molecule has 0 aliphatic heterocycles. The Morgan fingerprint density at radius 1 is 1.25 bits per heavy atom. The molecular weight excluding hydrogens is 246 g/mol. The van der Waals surface area contributed by atoms with Crippen LogP contribution in [0.3, 0.4) is 0 Å². The lowest BCUT2D eigenvalue weighted by molar-refractivity contribution is -0.155. The van der Waals surface area contributed by atoms with Crippen LogP contribution >= 0.6 is 0 Å². The van der Waals surface area contributed by atoms with Crippen molar-refractivity contribution in [2.45, 2.75) is 58.5 Å². The molecule has 20 heavy (non-hydrogen) atoms. The summed E-state index contributed by atoms with van der Waals surface area (Å²) in [5.41, 5.74) is 2.87. The van der Waals surface area contributed by atoms with Crippen molar-refractivity contribution in [3.05, 3.63) is 29.6 Å². The van der Waals surface area contributed by atoms with Crippen molar-refractivity contribution < 1.29 is 5.11 Å². The molecule has 1 N–H and O–H groups in total. The maximum atomic E-state index is 11.1. The normalized spacial score (nSPS) is 43.8. The fraction of sp³-hybridized carbons (Fsp3) is 0.722. The molecule has 3 atom stereocenters. The van der Waals surface area contributed by atoms with Crippen LogP contribution in [-0.2, 0) is 0 Å². The zero-order valence-electron chi connectivity index (χ0n) is 12.6. The van der Waals surface area contributed by atoms with Crippen molar-refractivity contribution >= 4 is 0 Å². The van der Waals surface area contributed by atoms with Gasteiger partial charge in [0.05, 0.1) is 6.10 Å². The summed E-state index contributed by atoms with van der Waals surface area (Å²) < 4.78 is 0. The van der Waals surface area contributed by atoms with Gasteiger partial charge < -0.3 is 5.11 Å². The van der Waals surface area contributed by atoms with E-state index in [1.165, 1.54) is 44.1 Å². The first-order valence-electron chi connectivity index (χ1n) is 8.08. The Balaban J connectivity index is 1.73. The Morgan fingerprint density at radius 3 is 2.55 bits per heavy atom. The number of aliphatic hydroxyl groups is 1. The molecule has 0 aromatic carbocycles. The monoisotopic (exact) mass is 271 g/mol. The van der Waals surface area contributed by atoms with Crippen molar-refractivity contribution in [2.75, 3.05) is 0 Å². The molecule has 0 saturated heterocycles. The van der Waals surface area contributed by atoms with E-state index in [-0.39, 0.29) is 11.5 Å². The summed E-state index contributed by atoms with van der Waals surface area (Å²) in [6.45, 7) is 4.56. The van der Waals surface area contributed by atoms with Crippen LogP contribution in [0.1, 0.15) is 62.7 Å². The summed E-state index contributed by atoms with van der Waals surface area (Å²) in [5.74, 6) is 1.71. The standard InChI is InChI=1S/C18H25NO/c1-12-3-4-19-10-15(12)16(20)18-8-13-5-14(9-18)7-17(2,6-13)11-18/h3-4,10,13-14,16,20H,5-9,11H2,1-2H3. The highest BCUT2D eigenvalue weighted by molar-refractivity contribution is 5.27. The molecule has 4 saturated carbocycles. The summed E-state index contributed by atoms with van der Waals surface area (Å²) in [4.78, 5) is 4.25. The number of aryl methyl sites for hydroxylation is 1. The van der Waals surface area contributed by atoms with E-state index < -0.39 is 0 Å². The highest BCUT2D eigenvalue weighted by Gasteiger charge is 2.58. The van der Waals surface area contributed by atoms with Gasteiger partial charge in [-0.25, -0.2) is 0 Å². The predicted octanol–water partition coefficient (Wildman–Crippen LogP) is 4.03. The number of hydrogen-bond donors (Lipinski definition) is 1. The molecule has 1 aromatic heterocycles. The Morgan fingerprint density at radius 2 is 1.95 bits per heavy atom. The van der Waals surface area contributed by atoms with Crippen LogP contribution in [0.5, 0.6) is 0 Å². The summed E-state index contributed by atoms with van der Waals surface area (Å²) in [6, 6.07) is 2.03. The van der Waals surface area contributed by atoms with Gasteiger partial charge in [-0.1, -0.05) is 6.92 Å². The van der Waals surface area contributed by atoms with Gasteiger partial charge in [-0.15, -0.1) is 0 Å². The van der Waals surface area contributed by atoms with Crippen LogP contribution in [0, 0.1) is 29.6 Å². The first kappa shape index (κ1) is 12.8. The van der Waals surface area contributed by atoms with Crippen molar-refractivity contribution in [2.24, 2.45) is 22.7 Å². The lowest BCUT2D eigenvalue weighted by Crippen LogP contribution is -2.53. The summed E-state index contributed by atoms with van der Waals surface area (Å²) >= 11 is 0. The lowest BCUT2D eigenvalue weighted by atomic mass is 9.43. The van der Waals surface area contributed by atoms with Crippen LogP contribution in [0.2, 0.25) is 0 Å². The van der Waals surface area contributed by atoms with Gasteiger partial charge in [-0.3, -0.25) is 4.98 Å². The Labute approximate surface area is 121 Å². The van der Waals surface area contributed by atoms with Crippen molar-refractivity contribution in [3.63, 3.8) is 0 Å². The minimum Gasteiger partial charge on any atom is -0.388 e. The molecule has 2 heteroatoms. The third kappa shape index (κ3) is 1.77. The maximum absolute atomic E-state index is 11.1. The molecule has 108 valence electrons. The van der Waals surface area contributed by atoms with Crippen molar-refractivity contribution in [1.29, 1.82) is 0 Å². The second-order valence-corrected chi connectivity index (χ2v) is 8.27. The molecule has 1 aromatic rings. The first-order valence-corrected chi connectivity index (χ1v) is 8.08. The molecule has 4 aliphatic carbocycles. The second-order valence-electron chi connectivity index (χ2n) is 8.27. The highest BCUT2D eigenvalue weighted by atomic mass is 16.3. The van der Waals surface area contributed by atoms with Gasteiger partial charge in [0, 0.05) is 23.4 Å². The van der Waals surface area contributed by atoms with Gasteiger partial charge in [0.1, 0.15) is 0 Å². The van der Waals surface area contributed by atoms with Gasteiger partial charge in [0.2, 0.25) is 0 Å². The molecule has 5 rings (SSSR count). The van der Waals surface area contributed by atoms with Gasteiger partial charge in [-0.05, 0) is 74.3 Å². The molecule has 4 aliphatic rings. The molecule has 1 heterocycles. The van der Waals surface area contributed by atoms with E-state index in [1.807, 2.05) is 18.5 Å². The average Bonchev–Trinajstić information content (AvgIpc) is 2.35. The smallest absolute Gasteiger partial charge is 0.0864 e. The maximum Gasteiger partial charge on any atom is 0.0864 e. The molecular formula is C18H25NO. The second kappa shape index (κ2) is 4.07. The molecule has 3 unspecified atom stereocenters. The Hall–Kier alpha value is -0.890. The molecule has 4 bridgehead atoms. The van der Waals surface area contributed by atoms with Gasteiger partial charge >= 0.3 is 0 Å². The fourth-order valence-corrected chi connectivity index (χ4v) is 6.21. The molecule has 4 fully saturated rings. The van der Waals surface area contributed by atoms with E-state index in [1.54, 1.807) is 0 Å². The van der Waals surface area contributed by atoms with E-state index in [2.05, 4.69) is 18.8 Å². The van der Waals surface area contributed by atoms with Crippen LogP contribution in [0.15, 0.2) is 18.5 Å². The lowest BCUT2D eigenvalue weighted by Gasteiger charge is -2.62. The number of rotatable bonds is 2. The predicted molar refractivity (Wildman–Crippen MR) is 79.2 cm³/mol. The van der Waals surface area contributed by atoms with E-state index in [0.717, 1.165) is 17.4 Å². The van der Waals surface area contributed by atoms with E-state index in [4.69, 9.17) is 0 Å². The third-order valence-electron chi connectivity index (χ3n) is 6.35. The molecule has 0 spiro atoms. The highest BCUT2D eigenvalue weighted by Crippen LogP contribution is 2.68. The quantitative estimate of drug-likeness (QED) is 0.881. The first-order chi connectivity index (χ1) is 9.50. The summed E-state index contributed by atoms with van der Waals surface area (Å²) in [6.07, 6.45) is 11.3. The minimum absolute atomic E-state index is 0.132. The van der Waals surface area contributed by atoms with Crippen LogP contribution < -0.4 is 0 Å². The Bertz CT molecular complexity index is 524. The van der Waals surface area contributed by atoms with Crippen LogP contribution in [0.25, 0.3) is 0 Å². The zero-order valence-corrected chi connectivity index (χ0v) is 12.6. The third-order valence-corrected chi connectivity index (χ3v) is 6.35. The molecule has 0 radical (unpaired) electrons. The topological polar surface area (TPSA) is 33.1 Å². The summed E-state index contributed by atoms with van der Waals surface area (Å²) in [7, 11) is 0. The van der Waals surface area contributed by atoms with E-state index in [9.17, 15) is 5.11 Å². The average molecular weight is 271 g/mol. The van der Waals surface area contributed by atoms with E-state index >= 15 is 0 Å². The Kier molecular flexibility index (Phi) is 2.61. The number of aromatic nitrogens is 1. The number of aliphatic hydroxyl groups excluding tert-OH is 1. The zero-order chi connectivity index (χ0) is 14.0. The van der Waals surface area contributed by atoms with Gasteiger partial charge in [0.25, 0.3) is 0 Å². The largest absolute Gasteiger partial charge is 0.388 e. The minimum atomic E-state index is -0.318. The number of hydrogen-bond acceptors (Lipinski definition) is 2. The van der Waals surface area contributed by atoms with Crippen LogP contribution in [-0.4, -0.2) is 10.1 Å². The van der Waals surface area contributed by atoms with Crippen LogP contribution in [0.4, 0.5) is 0 Å². The molecule has 2 nitrogen and oxygen atoms in total. The van der Waals surface area contributed by atoms with E-state index in [0.29, 0.717) is 5.41 Å². The van der Waals surface area contributed by atoms with Gasteiger partial charge in [-0.2, -0.15) is 0 Å².